The van der Waals surface area contributed by atoms with Gasteiger partial charge in [0.25, 0.3) is 5.91 Å². The molecule has 1 amide bonds. The maximum Gasteiger partial charge on any atom is 0.271 e. The second-order valence-electron chi connectivity index (χ2n) is 4.49. The molecule has 0 aliphatic rings. The van der Waals surface area contributed by atoms with E-state index in [1.165, 1.54) is 24.3 Å². The Bertz CT molecular complexity index is 659. The van der Waals surface area contributed by atoms with Gasteiger partial charge < -0.3 is 5.11 Å². The minimum Gasteiger partial charge on any atom is -0.508 e. The molecule has 0 fully saturated rings. The van der Waals surface area contributed by atoms with Crippen molar-refractivity contribution in [2.45, 2.75) is 6.92 Å². The lowest BCUT2D eigenvalue weighted by atomic mass is 10.2. The quantitative estimate of drug-likeness (QED) is 0.667. The van der Waals surface area contributed by atoms with E-state index in [2.05, 4.69) is 10.5 Å². The summed E-state index contributed by atoms with van der Waals surface area (Å²) in [6, 6.07) is 15.8. The van der Waals surface area contributed by atoms with Crippen LogP contribution in [0, 0.1) is 0 Å². The first-order chi connectivity index (χ1) is 10.1. The second-order valence-corrected chi connectivity index (χ2v) is 4.49. The molecule has 0 saturated heterocycles. The number of hydrazone groups is 1. The predicted octanol–water partition coefficient (Wildman–Crippen LogP) is 3.21. The minimum atomic E-state index is -0.317. The van der Waals surface area contributed by atoms with Crippen molar-refractivity contribution < 1.29 is 9.90 Å². The molecule has 0 spiro atoms. The van der Waals surface area contributed by atoms with Crippen LogP contribution in [0.4, 0.5) is 0 Å². The molecule has 0 atom stereocenters. The largest absolute Gasteiger partial charge is 0.508 e. The summed E-state index contributed by atoms with van der Waals surface area (Å²) in [7, 11) is 0. The van der Waals surface area contributed by atoms with Gasteiger partial charge in [0, 0.05) is 5.56 Å². The van der Waals surface area contributed by atoms with E-state index in [9.17, 15) is 4.79 Å². The van der Waals surface area contributed by atoms with Crippen molar-refractivity contribution in [3.05, 3.63) is 71.8 Å². The van der Waals surface area contributed by atoms with Crippen molar-refractivity contribution in [2.75, 3.05) is 0 Å². The number of carbonyl (C=O) groups excluding carboxylic acids is 1. The van der Waals surface area contributed by atoms with Gasteiger partial charge in [-0.3, -0.25) is 4.79 Å². The summed E-state index contributed by atoms with van der Waals surface area (Å²) < 4.78 is 0. The number of rotatable bonds is 4. The van der Waals surface area contributed by atoms with Crippen LogP contribution in [0.15, 0.2) is 65.8 Å². The van der Waals surface area contributed by atoms with Crippen molar-refractivity contribution in [1.82, 2.24) is 5.43 Å². The molecule has 106 valence electrons. The number of aromatic hydroxyl groups is 1. The Morgan fingerprint density at radius 1 is 1.10 bits per heavy atom. The summed E-state index contributed by atoms with van der Waals surface area (Å²) in [4.78, 5) is 11.8. The maximum atomic E-state index is 11.8. The molecule has 0 saturated carbocycles. The Morgan fingerprint density at radius 3 is 2.43 bits per heavy atom. The lowest BCUT2D eigenvalue weighted by molar-refractivity contribution is 0.0955. The van der Waals surface area contributed by atoms with E-state index < -0.39 is 0 Å². The van der Waals surface area contributed by atoms with Gasteiger partial charge in [0.1, 0.15) is 5.75 Å². The van der Waals surface area contributed by atoms with Crippen LogP contribution in [0.2, 0.25) is 0 Å². The summed E-state index contributed by atoms with van der Waals surface area (Å²) in [6.45, 7) is 1.80. The van der Waals surface area contributed by atoms with Crippen LogP contribution in [0.25, 0.3) is 6.08 Å². The van der Waals surface area contributed by atoms with Crippen LogP contribution >= 0.6 is 0 Å². The highest BCUT2D eigenvalue weighted by atomic mass is 16.3. The number of carbonyl (C=O) groups is 1. The normalized spacial score (nSPS) is 11.6. The Balaban J connectivity index is 1.95. The third-order valence-electron chi connectivity index (χ3n) is 2.78. The Hall–Kier alpha value is -2.88. The number of phenols is 1. The van der Waals surface area contributed by atoms with Gasteiger partial charge in [-0.2, -0.15) is 5.10 Å². The molecule has 0 aromatic heterocycles. The van der Waals surface area contributed by atoms with Crippen LogP contribution in [0.5, 0.6) is 5.75 Å². The Kier molecular flexibility index (Phi) is 4.88. The smallest absolute Gasteiger partial charge is 0.271 e. The van der Waals surface area contributed by atoms with E-state index in [1.54, 1.807) is 6.92 Å². The summed E-state index contributed by atoms with van der Waals surface area (Å²) in [5, 5.41) is 13.2. The highest BCUT2D eigenvalue weighted by Gasteiger charge is 2.03. The zero-order valence-corrected chi connectivity index (χ0v) is 11.7. The minimum absolute atomic E-state index is 0.122. The highest BCUT2D eigenvalue weighted by Crippen LogP contribution is 2.09. The van der Waals surface area contributed by atoms with Gasteiger partial charge in [0.2, 0.25) is 0 Å². The van der Waals surface area contributed by atoms with E-state index in [4.69, 9.17) is 5.11 Å². The zero-order valence-electron chi connectivity index (χ0n) is 11.7. The fourth-order valence-electron chi connectivity index (χ4n) is 1.63. The number of amides is 1. The molecule has 0 heterocycles. The van der Waals surface area contributed by atoms with E-state index in [-0.39, 0.29) is 11.7 Å². The molecule has 2 N–H and O–H groups in total. The maximum absolute atomic E-state index is 11.8. The number of phenolic OH excluding ortho intramolecular Hbond substituents is 1. The molecule has 0 aliphatic heterocycles. The fraction of sp³-hybridized carbons (Fsp3) is 0.0588. The SMILES string of the molecule is CC(/C=C/c1ccccc1)=N\NC(=O)c1ccc(O)cc1. The van der Waals surface area contributed by atoms with Gasteiger partial charge in [-0.15, -0.1) is 0 Å². The second kappa shape index (κ2) is 7.05. The van der Waals surface area contributed by atoms with E-state index in [0.717, 1.165) is 5.56 Å². The monoisotopic (exact) mass is 280 g/mol. The number of nitrogens with zero attached hydrogens (tertiary/aromatic N) is 1. The van der Waals surface area contributed by atoms with E-state index >= 15 is 0 Å². The lowest BCUT2D eigenvalue weighted by Crippen LogP contribution is -2.18. The van der Waals surface area contributed by atoms with Gasteiger partial charge in [-0.05, 0) is 42.8 Å². The van der Waals surface area contributed by atoms with Crippen molar-refractivity contribution in [3.8, 4) is 5.75 Å². The summed E-state index contributed by atoms with van der Waals surface area (Å²) in [6.07, 6.45) is 3.75. The number of hydrogen-bond donors (Lipinski definition) is 2. The number of hydrogen-bond acceptors (Lipinski definition) is 3. The molecular formula is C17H16N2O2. The highest BCUT2D eigenvalue weighted by molar-refractivity contribution is 5.99. The number of nitrogens with one attached hydrogen (secondary N) is 1. The number of allylic oxidation sites excluding steroid dienone is 1. The fourth-order valence-corrected chi connectivity index (χ4v) is 1.63. The molecule has 21 heavy (non-hydrogen) atoms. The van der Waals surface area contributed by atoms with Crippen molar-refractivity contribution in [3.63, 3.8) is 0 Å². The van der Waals surface area contributed by atoms with Crippen LogP contribution < -0.4 is 5.43 Å². The van der Waals surface area contributed by atoms with E-state index in [0.29, 0.717) is 11.3 Å². The summed E-state index contributed by atoms with van der Waals surface area (Å²) in [5.41, 5.74) is 4.66. The zero-order chi connectivity index (χ0) is 15.1. The molecule has 0 bridgehead atoms. The first-order valence-corrected chi connectivity index (χ1v) is 6.52. The molecule has 0 aliphatic carbocycles. The van der Waals surface area contributed by atoms with Crippen LogP contribution in [0.1, 0.15) is 22.8 Å². The first kappa shape index (κ1) is 14.5. The molecule has 2 aromatic rings. The first-order valence-electron chi connectivity index (χ1n) is 6.52. The van der Waals surface area contributed by atoms with Gasteiger partial charge >= 0.3 is 0 Å². The molecular weight excluding hydrogens is 264 g/mol. The predicted molar refractivity (Wildman–Crippen MR) is 84.2 cm³/mol. The summed E-state index contributed by atoms with van der Waals surface area (Å²) in [5.74, 6) is -0.195. The molecule has 0 radical (unpaired) electrons. The number of benzene rings is 2. The molecule has 2 aromatic carbocycles. The molecule has 0 unspecified atom stereocenters. The van der Waals surface area contributed by atoms with E-state index in [1.807, 2.05) is 42.5 Å². The Morgan fingerprint density at radius 2 is 1.76 bits per heavy atom. The molecule has 4 nitrogen and oxygen atoms in total. The average Bonchev–Trinajstić information content (AvgIpc) is 2.52. The Labute approximate surface area is 123 Å². The van der Waals surface area contributed by atoms with Gasteiger partial charge in [0.05, 0.1) is 5.71 Å². The third kappa shape index (κ3) is 4.62. The van der Waals surface area contributed by atoms with Gasteiger partial charge in [-0.1, -0.05) is 36.4 Å². The van der Waals surface area contributed by atoms with Crippen molar-refractivity contribution >= 4 is 17.7 Å². The van der Waals surface area contributed by atoms with Gasteiger partial charge in [0.15, 0.2) is 0 Å². The molecule has 2 rings (SSSR count). The summed E-state index contributed by atoms with van der Waals surface area (Å²) >= 11 is 0. The third-order valence-corrected chi connectivity index (χ3v) is 2.78. The van der Waals surface area contributed by atoms with Crippen LogP contribution in [0.3, 0.4) is 0 Å². The van der Waals surface area contributed by atoms with Gasteiger partial charge in [-0.25, -0.2) is 5.43 Å². The van der Waals surface area contributed by atoms with Crippen molar-refractivity contribution in [2.24, 2.45) is 5.10 Å². The van der Waals surface area contributed by atoms with Crippen LogP contribution in [-0.4, -0.2) is 16.7 Å². The topological polar surface area (TPSA) is 61.7 Å². The standard InChI is InChI=1S/C17H16N2O2/c1-13(7-8-14-5-3-2-4-6-14)18-19-17(21)15-9-11-16(20)12-10-15/h2-12,20H,1H3,(H,19,21)/b8-7+,18-13+. The lowest BCUT2D eigenvalue weighted by Gasteiger charge is -2.00. The van der Waals surface area contributed by atoms with Crippen LogP contribution in [-0.2, 0) is 0 Å². The average molecular weight is 280 g/mol. The molecule has 4 heteroatoms. The van der Waals surface area contributed by atoms with Crippen molar-refractivity contribution in [1.29, 1.82) is 0 Å².